The number of rotatable bonds is 6. The molecule has 1 saturated heterocycles. The zero-order valence-corrected chi connectivity index (χ0v) is 12.2. The van der Waals surface area contributed by atoms with E-state index in [0.29, 0.717) is 24.9 Å². The van der Waals surface area contributed by atoms with E-state index < -0.39 is 10.0 Å². The van der Waals surface area contributed by atoms with Gasteiger partial charge in [-0.25, -0.2) is 8.42 Å². The van der Waals surface area contributed by atoms with Crippen LogP contribution in [0.1, 0.15) is 40.0 Å². The predicted octanol–water partition coefficient (Wildman–Crippen LogP) is 1.53. The third-order valence-electron chi connectivity index (χ3n) is 3.64. The van der Waals surface area contributed by atoms with Crippen molar-refractivity contribution in [3.63, 3.8) is 0 Å². The molecule has 0 aromatic heterocycles. The summed E-state index contributed by atoms with van der Waals surface area (Å²) < 4.78 is 25.7. The smallest absolute Gasteiger partial charge is 0.214 e. The molecule has 0 amide bonds. The number of hydrogen-bond donors (Lipinski definition) is 0. The van der Waals surface area contributed by atoms with Gasteiger partial charge in [-0.1, -0.05) is 20.3 Å². The minimum Gasteiger partial charge on any atom is -0.298 e. The zero-order chi connectivity index (χ0) is 12.9. The summed E-state index contributed by atoms with van der Waals surface area (Å²) in [5.41, 5.74) is 0. The average molecular weight is 262 g/mol. The second-order valence-corrected chi connectivity index (χ2v) is 6.95. The maximum absolute atomic E-state index is 12.0. The summed E-state index contributed by atoms with van der Waals surface area (Å²) in [6, 6.07) is 0.565. The van der Waals surface area contributed by atoms with Gasteiger partial charge in [-0.05, 0) is 19.8 Å². The van der Waals surface area contributed by atoms with Crippen LogP contribution in [0.5, 0.6) is 0 Å². The first-order valence-electron chi connectivity index (χ1n) is 6.73. The van der Waals surface area contributed by atoms with Crippen LogP contribution >= 0.6 is 0 Å². The molecule has 1 aliphatic rings. The Morgan fingerprint density at radius 1 is 1.12 bits per heavy atom. The predicted molar refractivity (Wildman–Crippen MR) is 71.6 cm³/mol. The second kappa shape index (κ2) is 6.71. The van der Waals surface area contributed by atoms with Gasteiger partial charge in [0.15, 0.2) is 0 Å². The maximum atomic E-state index is 12.0. The first-order valence-corrected chi connectivity index (χ1v) is 8.34. The molecule has 0 bridgehead atoms. The van der Waals surface area contributed by atoms with Crippen molar-refractivity contribution in [2.24, 2.45) is 0 Å². The Hall–Kier alpha value is -0.130. The van der Waals surface area contributed by atoms with E-state index in [9.17, 15) is 8.42 Å². The fourth-order valence-corrected chi connectivity index (χ4v) is 3.77. The minimum absolute atomic E-state index is 0.312. The van der Waals surface area contributed by atoms with Gasteiger partial charge >= 0.3 is 0 Å². The summed E-state index contributed by atoms with van der Waals surface area (Å²) in [4.78, 5) is 2.38. The quantitative estimate of drug-likeness (QED) is 0.729. The molecule has 5 heteroatoms. The highest BCUT2D eigenvalue weighted by Gasteiger charge is 2.27. The van der Waals surface area contributed by atoms with Crippen LogP contribution in [0.4, 0.5) is 0 Å². The number of hydrogen-bond acceptors (Lipinski definition) is 3. The number of sulfonamides is 1. The Balaban J connectivity index is 2.46. The van der Waals surface area contributed by atoms with Gasteiger partial charge in [0, 0.05) is 32.2 Å². The number of nitrogens with zero attached hydrogens (tertiary/aromatic N) is 2. The maximum Gasteiger partial charge on any atom is 0.214 e. The van der Waals surface area contributed by atoms with Gasteiger partial charge in [-0.15, -0.1) is 0 Å². The molecule has 0 saturated carbocycles. The molecule has 0 aromatic carbocycles. The molecule has 0 aliphatic carbocycles. The van der Waals surface area contributed by atoms with E-state index in [2.05, 4.69) is 18.7 Å². The monoisotopic (exact) mass is 262 g/mol. The Kier molecular flexibility index (Phi) is 5.89. The van der Waals surface area contributed by atoms with E-state index in [4.69, 9.17) is 0 Å². The van der Waals surface area contributed by atoms with E-state index in [-0.39, 0.29) is 0 Å². The second-order valence-electron chi connectivity index (χ2n) is 4.86. The third-order valence-corrected chi connectivity index (χ3v) is 5.59. The van der Waals surface area contributed by atoms with Crippen molar-refractivity contribution >= 4 is 10.0 Å². The van der Waals surface area contributed by atoms with Crippen molar-refractivity contribution in [3.8, 4) is 0 Å². The van der Waals surface area contributed by atoms with Crippen LogP contribution in [-0.4, -0.2) is 55.6 Å². The van der Waals surface area contributed by atoms with E-state index in [1.807, 2.05) is 6.92 Å². The van der Waals surface area contributed by atoms with Gasteiger partial charge in [0.05, 0.1) is 5.75 Å². The summed E-state index contributed by atoms with van der Waals surface area (Å²) in [5, 5.41) is 0. The molecule has 102 valence electrons. The van der Waals surface area contributed by atoms with Gasteiger partial charge in [0.2, 0.25) is 10.0 Å². The molecule has 4 nitrogen and oxygen atoms in total. The third kappa shape index (κ3) is 4.23. The SMILES string of the molecule is CCCCS(=O)(=O)N1CCN(C(C)CC)CC1. The highest BCUT2D eigenvalue weighted by molar-refractivity contribution is 7.89. The summed E-state index contributed by atoms with van der Waals surface area (Å²) in [7, 11) is -2.99. The van der Waals surface area contributed by atoms with Crippen LogP contribution in [-0.2, 0) is 10.0 Å². The van der Waals surface area contributed by atoms with Crippen molar-refractivity contribution in [1.29, 1.82) is 0 Å². The standard InChI is InChI=1S/C12H26N2O2S/c1-4-6-11-17(15,16)14-9-7-13(8-10-14)12(3)5-2/h12H,4-11H2,1-3H3. The molecule has 1 rings (SSSR count). The topological polar surface area (TPSA) is 40.6 Å². The molecule has 1 fully saturated rings. The van der Waals surface area contributed by atoms with Crippen molar-refractivity contribution in [1.82, 2.24) is 9.21 Å². The van der Waals surface area contributed by atoms with Crippen molar-refractivity contribution in [3.05, 3.63) is 0 Å². The van der Waals surface area contributed by atoms with Gasteiger partial charge in [0.1, 0.15) is 0 Å². The lowest BCUT2D eigenvalue weighted by atomic mass is 10.2. The average Bonchev–Trinajstić information content (AvgIpc) is 2.35. The fourth-order valence-electron chi connectivity index (χ4n) is 2.14. The zero-order valence-electron chi connectivity index (χ0n) is 11.4. The van der Waals surface area contributed by atoms with Crippen molar-refractivity contribution in [2.75, 3.05) is 31.9 Å². The van der Waals surface area contributed by atoms with E-state index in [0.717, 1.165) is 32.4 Å². The van der Waals surface area contributed by atoms with Crippen LogP contribution in [0.25, 0.3) is 0 Å². The normalized spacial score (nSPS) is 21.6. The van der Waals surface area contributed by atoms with Gasteiger partial charge in [0.25, 0.3) is 0 Å². The number of piperazine rings is 1. The first-order chi connectivity index (χ1) is 8.01. The molecular formula is C12H26N2O2S. The molecule has 1 aliphatic heterocycles. The summed E-state index contributed by atoms with van der Waals surface area (Å²) >= 11 is 0. The van der Waals surface area contributed by atoms with Gasteiger partial charge in [-0.3, -0.25) is 4.90 Å². The van der Waals surface area contributed by atoms with Crippen LogP contribution < -0.4 is 0 Å². The summed E-state index contributed by atoms with van der Waals surface area (Å²) in [6.07, 6.45) is 2.84. The number of unbranched alkanes of at least 4 members (excludes halogenated alkanes) is 1. The Morgan fingerprint density at radius 2 is 1.71 bits per heavy atom. The van der Waals surface area contributed by atoms with Crippen LogP contribution in [0.3, 0.4) is 0 Å². The molecule has 0 spiro atoms. The van der Waals surface area contributed by atoms with Gasteiger partial charge in [-0.2, -0.15) is 4.31 Å². The lowest BCUT2D eigenvalue weighted by molar-refractivity contribution is 0.142. The highest BCUT2D eigenvalue weighted by atomic mass is 32.2. The Labute approximate surface area is 106 Å². The molecule has 0 aromatic rings. The summed E-state index contributed by atoms with van der Waals surface area (Å²) in [5.74, 6) is 0.312. The van der Waals surface area contributed by atoms with Gasteiger partial charge < -0.3 is 0 Å². The Morgan fingerprint density at radius 3 is 2.18 bits per heavy atom. The van der Waals surface area contributed by atoms with Crippen molar-refractivity contribution in [2.45, 2.75) is 46.1 Å². The summed E-state index contributed by atoms with van der Waals surface area (Å²) in [6.45, 7) is 9.49. The first kappa shape index (κ1) is 14.9. The molecule has 17 heavy (non-hydrogen) atoms. The van der Waals surface area contributed by atoms with Crippen LogP contribution in [0.2, 0.25) is 0 Å². The molecule has 1 heterocycles. The van der Waals surface area contributed by atoms with E-state index >= 15 is 0 Å². The lowest BCUT2D eigenvalue weighted by Gasteiger charge is -2.37. The van der Waals surface area contributed by atoms with Crippen molar-refractivity contribution < 1.29 is 8.42 Å². The van der Waals surface area contributed by atoms with E-state index in [1.165, 1.54) is 0 Å². The highest BCUT2D eigenvalue weighted by Crippen LogP contribution is 2.13. The molecule has 1 unspecified atom stereocenters. The van der Waals surface area contributed by atoms with E-state index in [1.54, 1.807) is 4.31 Å². The largest absolute Gasteiger partial charge is 0.298 e. The molecule has 0 radical (unpaired) electrons. The molecular weight excluding hydrogens is 236 g/mol. The molecule has 0 N–H and O–H groups in total. The van der Waals surface area contributed by atoms with Crippen LogP contribution in [0, 0.1) is 0 Å². The fraction of sp³-hybridized carbons (Fsp3) is 1.00. The minimum atomic E-state index is -2.99. The molecule has 1 atom stereocenters. The lowest BCUT2D eigenvalue weighted by Crippen LogP contribution is -2.51. The Bertz CT molecular complexity index is 308. The van der Waals surface area contributed by atoms with Crippen LogP contribution in [0.15, 0.2) is 0 Å².